The molecule has 23 heavy (non-hydrogen) atoms. The number of piperazine rings is 1. The summed E-state index contributed by atoms with van der Waals surface area (Å²) >= 11 is 5.90. The van der Waals surface area contributed by atoms with Gasteiger partial charge >= 0.3 is 0 Å². The minimum atomic E-state index is -0.283. The van der Waals surface area contributed by atoms with E-state index >= 15 is 0 Å². The maximum atomic E-state index is 12.0. The summed E-state index contributed by atoms with van der Waals surface area (Å²) in [5, 5.41) is 3.41. The molecule has 1 fully saturated rings. The van der Waals surface area contributed by atoms with Crippen molar-refractivity contribution in [3.63, 3.8) is 0 Å². The Balaban J connectivity index is 1.68. The van der Waals surface area contributed by atoms with Gasteiger partial charge in [-0.25, -0.2) is 0 Å². The van der Waals surface area contributed by atoms with Crippen LogP contribution in [0.15, 0.2) is 24.3 Å². The van der Waals surface area contributed by atoms with E-state index in [4.69, 9.17) is 11.6 Å². The number of halogens is 1. The molecule has 0 spiro atoms. The minimum absolute atomic E-state index is 0.156. The van der Waals surface area contributed by atoms with Crippen molar-refractivity contribution < 1.29 is 14.4 Å². The van der Waals surface area contributed by atoms with Gasteiger partial charge in [0.25, 0.3) is 0 Å². The summed E-state index contributed by atoms with van der Waals surface area (Å²) in [7, 11) is 0. The van der Waals surface area contributed by atoms with Gasteiger partial charge in [-0.3, -0.25) is 14.4 Å². The van der Waals surface area contributed by atoms with Crippen molar-refractivity contribution in [1.29, 1.82) is 0 Å². The van der Waals surface area contributed by atoms with E-state index in [0.29, 0.717) is 44.2 Å². The van der Waals surface area contributed by atoms with Crippen molar-refractivity contribution >= 4 is 29.8 Å². The predicted octanol–water partition coefficient (Wildman–Crippen LogP) is 0.689. The average molecular weight is 338 g/mol. The maximum Gasteiger partial charge on any atom is 0.232 e. The Morgan fingerprint density at radius 1 is 1.22 bits per heavy atom. The predicted molar refractivity (Wildman–Crippen MR) is 87.0 cm³/mol. The lowest BCUT2D eigenvalue weighted by Crippen LogP contribution is -2.49. The van der Waals surface area contributed by atoms with Crippen LogP contribution in [0.5, 0.6) is 0 Å². The first-order valence-corrected chi connectivity index (χ1v) is 7.94. The van der Waals surface area contributed by atoms with Crippen LogP contribution in [-0.2, 0) is 20.8 Å². The van der Waals surface area contributed by atoms with Gasteiger partial charge in [0, 0.05) is 37.7 Å². The van der Waals surface area contributed by atoms with Crippen molar-refractivity contribution in [3.8, 4) is 0 Å². The standard InChI is InChI=1S/C16H20ClN3O3/c17-14-3-1-2-13(10-14)4-5-18-15(22)11-16(23)20-8-6-19(12-21)7-9-20/h1-3,10,12H,4-9,11H2,(H,18,22). The van der Waals surface area contributed by atoms with Crippen molar-refractivity contribution in [2.75, 3.05) is 32.7 Å². The van der Waals surface area contributed by atoms with Gasteiger partial charge in [0.1, 0.15) is 6.42 Å². The lowest BCUT2D eigenvalue weighted by molar-refractivity contribution is -0.138. The number of carbonyl (C=O) groups is 3. The van der Waals surface area contributed by atoms with Crippen molar-refractivity contribution in [2.24, 2.45) is 0 Å². The van der Waals surface area contributed by atoms with Crippen LogP contribution >= 0.6 is 11.6 Å². The SMILES string of the molecule is O=CN1CCN(C(=O)CC(=O)NCCc2cccc(Cl)c2)CC1. The van der Waals surface area contributed by atoms with E-state index in [0.717, 1.165) is 12.0 Å². The lowest BCUT2D eigenvalue weighted by Gasteiger charge is -2.32. The van der Waals surface area contributed by atoms with E-state index < -0.39 is 0 Å². The van der Waals surface area contributed by atoms with Crippen LogP contribution < -0.4 is 5.32 Å². The van der Waals surface area contributed by atoms with Crippen LogP contribution in [0.4, 0.5) is 0 Å². The topological polar surface area (TPSA) is 69.7 Å². The molecular formula is C16H20ClN3O3. The molecule has 1 aliphatic rings. The normalized spacial score (nSPS) is 14.5. The van der Waals surface area contributed by atoms with Crippen LogP contribution in [0, 0.1) is 0 Å². The summed E-state index contributed by atoms with van der Waals surface area (Å²) in [5.74, 6) is -0.481. The lowest BCUT2D eigenvalue weighted by atomic mass is 10.1. The second-order valence-electron chi connectivity index (χ2n) is 5.43. The van der Waals surface area contributed by atoms with Crippen LogP contribution in [-0.4, -0.2) is 60.7 Å². The molecule has 0 bridgehead atoms. The second kappa shape index (κ2) is 8.53. The van der Waals surface area contributed by atoms with Crippen LogP contribution in [0.2, 0.25) is 5.02 Å². The Kier molecular flexibility index (Phi) is 6.40. The number of benzene rings is 1. The van der Waals surface area contributed by atoms with Gasteiger partial charge in [-0.1, -0.05) is 23.7 Å². The maximum absolute atomic E-state index is 12.0. The van der Waals surface area contributed by atoms with Crippen molar-refractivity contribution in [3.05, 3.63) is 34.9 Å². The molecule has 6 nitrogen and oxygen atoms in total. The molecule has 124 valence electrons. The molecule has 0 aromatic heterocycles. The van der Waals surface area contributed by atoms with Crippen LogP contribution in [0.1, 0.15) is 12.0 Å². The summed E-state index contributed by atoms with van der Waals surface area (Å²) in [6.45, 7) is 2.46. The van der Waals surface area contributed by atoms with E-state index in [1.807, 2.05) is 18.2 Å². The molecule has 2 rings (SSSR count). The smallest absolute Gasteiger partial charge is 0.232 e. The molecule has 1 aliphatic heterocycles. The highest BCUT2D eigenvalue weighted by molar-refractivity contribution is 6.30. The zero-order valence-electron chi connectivity index (χ0n) is 12.8. The fraction of sp³-hybridized carbons (Fsp3) is 0.438. The first-order valence-electron chi connectivity index (χ1n) is 7.57. The number of amides is 3. The first-order chi connectivity index (χ1) is 11.1. The molecule has 1 aromatic rings. The highest BCUT2D eigenvalue weighted by atomic mass is 35.5. The van der Waals surface area contributed by atoms with E-state index in [-0.39, 0.29) is 18.2 Å². The molecule has 0 radical (unpaired) electrons. The summed E-state index contributed by atoms with van der Waals surface area (Å²) in [4.78, 5) is 37.7. The quantitative estimate of drug-likeness (QED) is 0.613. The van der Waals surface area contributed by atoms with E-state index in [1.54, 1.807) is 15.9 Å². The fourth-order valence-electron chi connectivity index (χ4n) is 2.43. The average Bonchev–Trinajstić information content (AvgIpc) is 2.55. The molecule has 1 heterocycles. The Morgan fingerprint density at radius 3 is 2.61 bits per heavy atom. The molecule has 1 N–H and O–H groups in total. The third kappa shape index (κ3) is 5.56. The molecule has 0 saturated carbocycles. The summed E-state index contributed by atoms with van der Waals surface area (Å²) in [5.41, 5.74) is 1.04. The molecule has 7 heteroatoms. The largest absolute Gasteiger partial charge is 0.355 e. The summed E-state index contributed by atoms with van der Waals surface area (Å²) < 4.78 is 0. The number of nitrogens with one attached hydrogen (secondary N) is 1. The molecule has 0 unspecified atom stereocenters. The number of rotatable bonds is 6. The Labute approximate surface area is 140 Å². The molecule has 0 aliphatic carbocycles. The summed E-state index contributed by atoms with van der Waals surface area (Å²) in [6, 6.07) is 7.45. The molecule has 0 atom stereocenters. The van der Waals surface area contributed by atoms with Gasteiger partial charge in [0.05, 0.1) is 0 Å². The van der Waals surface area contributed by atoms with E-state index in [2.05, 4.69) is 5.32 Å². The van der Waals surface area contributed by atoms with Crippen molar-refractivity contribution in [2.45, 2.75) is 12.8 Å². The fourth-order valence-corrected chi connectivity index (χ4v) is 2.64. The Bertz CT molecular complexity index is 571. The van der Waals surface area contributed by atoms with E-state index in [9.17, 15) is 14.4 Å². The van der Waals surface area contributed by atoms with Gasteiger partial charge < -0.3 is 15.1 Å². The zero-order valence-corrected chi connectivity index (χ0v) is 13.6. The monoisotopic (exact) mass is 337 g/mol. The zero-order chi connectivity index (χ0) is 16.7. The molecule has 3 amide bonds. The molecule has 1 saturated heterocycles. The highest BCUT2D eigenvalue weighted by Crippen LogP contribution is 2.10. The molecule has 1 aromatic carbocycles. The van der Waals surface area contributed by atoms with Gasteiger partial charge in [0.2, 0.25) is 18.2 Å². The summed E-state index contributed by atoms with van der Waals surface area (Å²) in [6.07, 6.45) is 1.29. The molecular weight excluding hydrogens is 318 g/mol. The third-order valence-electron chi connectivity index (χ3n) is 3.75. The highest BCUT2D eigenvalue weighted by Gasteiger charge is 2.21. The third-order valence-corrected chi connectivity index (χ3v) is 3.99. The Hall–Kier alpha value is -2.08. The number of hydrogen-bond acceptors (Lipinski definition) is 3. The van der Waals surface area contributed by atoms with Gasteiger partial charge in [-0.2, -0.15) is 0 Å². The van der Waals surface area contributed by atoms with Crippen LogP contribution in [0.3, 0.4) is 0 Å². The Morgan fingerprint density at radius 2 is 1.96 bits per heavy atom. The van der Waals surface area contributed by atoms with Crippen molar-refractivity contribution in [1.82, 2.24) is 15.1 Å². The number of carbonyl (C=O) groups excluding carboxylic acids is 3. The second-order valence-corrected chi connectivity index (χ2v) is 5.87. The minimum Gasteiger partial charge on any atom is -0.355 e. The first kappa shape index (κ1) is 17.3. The van der Waals surface area contributed by atoms with Gasteiger partial charge in [-0.05, 0) is 24.1 Å². The van der Waals surface area contributed by atoms with Crippen LogP contribution in [0.25, 0.3) is 0 Å². The van der Waals surface area contributed by atoms with Gasteiger partial charge in [-0.15, -0.1) is 0 Å². The van der Waals surface area contributed by atoms with Gasteiger partial charge in [0.15, 0.2) is 0 Å². The van der Waals surface area contributed by atoms with E-state index in [1.165, 1.54) is 0 Å². The number of hydrogen-bond donors (Lipinski definition) is 1. The number of nitrogens with zero attached hydrogens (tertiary/aromatic N) is 2.